The third kappa shape index (κ3) is 2.88. The van der Waals surface area contributed by atoms with Crippen LogP contribution in [0.1, 0.15) is 13.8 Å². The highest BCUT2D eigenvalue weighted by atomic mass is 32.2. The number of hydrogen-bond donors (Lipinski definition) is 1. The molecular weight excluding hydrogens is 242 g/mol. The van der Waals surface area contributed by atoms with E-state index >= 15 is 0 Å². The first-order chi connectivity index (χ1) is 8.60. The van der Waals surface area contributed by atoms with Gasteiger partial charge in [0.25, 0.3) is 0 Å². The molecule has 0 aliphatic carbocycles. The number of anilines is 1. The van der Waals surface area contributed by atoms with Gasteiger partial charge in [-0.3, -0.25) is 4.68 Å². The maximum Gasteiger partial charge on any atom is 0.148 e. The van der Waals surface area contributed by atoms with E-state index in [2.05, 4.69) is 54.6 Å². The van der Waals surface area contributed by atoms with Gasteiger partial charge in [-0.15, -0.1) is 11.8 Å². The molecule has 0 saturated carbocycles. The lowest BCUT2D eigenvalue weighted by Gasteiger charge is -2.06. The highest BCUT2D eigenvalue weighted by Gasteiger charge is 2.06. The minimum atomic E-state index is 0.614. The molecule has 1 aromatic carbocycles. The number of hydrogen-bond acceptors (Lipinski definition) is 3. The van der Waals surface area contributed by atoms with Gasteiger partial charge in [0.1, 0.15) is 5.82 Å². The van der Waals surface area contributed by atoms with Crippen LogP contribution in [-0.4, -0.2) is 22.1 Å². The van der Waals surface area contributed by atoms with Crippen LogP contribution in [0.4, 0.5) is 5.82 Å². The predicted molar refractivity (Wildman–Crippen MR) is 79.2 cm³/mol. The molecule has 2 rings (SSSR count). The molecule has 1 aromatic heterocycles. The van der Waals surface area contributed by atoms with Gasteiger partial charge in [0.05, 0.1) is 5.69 Å². The zero-order valence-electron chi connectivity index (χ0n) is 11.3. The van der Waals surface area contributed by atoms with Crippen molar-refractivity contribution in [3.05, 3.63) is 30.3 Å². The van der Waals surface area contributed by atoms with Gasteiger partial charge in [-0.1, -0.05) is 26.0 Å². The fourth-order valence-electron chi connectivity index (χ4n) is 1.84. The summed E-state index contributed by atoms with van der Waals surface area (Å²) < 4.78 is 1.90. The summed E-state index contributed by atoms with van der Waals surface area (Å²) in [7, 11) is 3.85. The normalized spacial score (nSPS) is 10.9. The van der Waals surface area contributed by atoms with Crippen molar-refractivity contribution in [2.45, 2.75) is 24.0 Å². The van der Waals surface area contributed by atoms with E-state index in [0.29, 0.717) is 5.25 Å². The Morgan fingerprint density at radius 2 is 1.89 bits per heavy atom. The van der Waals surface area contributed by atoms with Crippen molar-refractivity contribution in [3.8, 4) is 11.3 Å². The van der Waals surface area contributed by atoms with Crippen LogP contribution < -0.4 is 5.32 Å². The van der Waals surface area contributed by atoms with Crippen LogP contribution in [0.5, 0.6) is 0 Å². The van der Waals surface area contributed by atoms with E-state index < -0.39 is 0 Å². The van der Waals surface area contributed by atoms with E-state index in [4.69, 9.17) is 0 Å². The minimum absolute atomic E-state index is 0.614. The smallest absolute Gasteiger partial charge is 0.148 e. The number of benzene rings is 1. The van der Waals surface area contributed by atoms with Gasteiger partial charge in [0.15, 0.2) is 0 Å². The van der Waals surface area contributed by atoms with E-state index in [1.54, 1.807) is 0 Å². The van der Waals surface area contributed by atoms with Crippen LogP contribution in [0.15, 0.2) is 35.2 Å². The lowest BCUT2D eigenvalue weighted by Crippen LogP contribution is -1.95. The minimum Gasteiger partial charge on any atom is -0.372 e. The lowest BCUT2D eigenvalue weighted by molar-refractivity contribution is 0.778. The Labute approximate surface area is 113 Å². The first kappa shape index (κ1) is 13.0. The molecule has 0 bridgehead atoms. The second-order valence-corrected chi connectivity index (χ2v) is 6.13. The summed E-state index contributed by atoms with van der Waals surface area (Å²) in [6, 6.07) is 10.7. The number of rotatable bonds is 4. The lowest BCUT2D eigenvalue weighted by atomic mass is 10.1. The number of nitrogens with zero attached hydrogens (tertiary/aromatic N) is 2. The molecule has 96 valence electrons. The second kappa shape index (κ2) is 5.48. The molecule has 1 heterocycles. The average Bonchev–Trinajstić information content (AvgIpc) is 2.71. The molecule has 0 amide bonds. The quantitative estimate of drug-likeness (QED) is 0.852. The molecular formula is C14H19N3S. The third-order valence-corrected chi connectivity index (χ3v) is 3.67. The van der Waals surface area contributed by atoms with Crippen LogP contribution >= 0.6 is 11.8 Å². The van der Waals surface area contributed by atoms with E-state index in [9.17, 15) is 0 Å². The van der Waals surface area contributed by atoms with Crippen LogP contribution in [0, 0.1) is 0 Å². The van der Waals surface area contributed by atoms with Gasteiger partial charge in [0.2, 0.25) is 0 Å². The maximum atomic E-state index is 4.38. The fourth-order valence-corrected chi connectivity index (χ4v) is 2.67. The monoisotopic (exact) mass is 261 g/mol. The van der Waals surface area contributed by atoms with Gasteiger partial charge in [-0.2, -0.15) is 5.10 Å². The Morgan fingerprint density at radius 1 is 1.22 bits per heavy atom. The Balaban J connectivity index is 2.25. The molecule has 0 saturated heterocycles. The summed E-state index contributed by atoms with van der Waals surface area (Å²) in [4.78, 5) is 1.31. The number of thioether (sulfide) groups is 1. The highest BCUT2D eigenvalue weighted by molar-refractivity contribution is 7.99. The molecule has 3 nitrogen and oxygen atoms in total. The summed E-state index contributed by atoms with van der Waals surface area (Å²) in [6.45, 7) is 4.41. The van der Waals surface area contributed by atoms with E-state index in [1.807, 2.05) is 30.5 Å². The Morgan fingerprint density at radius 3 is 2.39 bits per heavy atom. The van der Waals surface area contributed by atoms with Crippen LogP contribution in [0.25, 0.3) is 11.3 Å². The standard InChI is InChI=1S/C14H19N3S/c1-10(2)18-12-7-5-11(6-8-12)13-9-14(15-3)16-17(13)4/h5-10H,1-4H3,(H,15,16). The van der Waals surface area contributed by atoms with E-state index in [0.717, 1.165) is 11.5 Å². The van der Waals surface area contributed by atoms with E-state index in [1.165, 1.54) is 10.5 Å². The highest BCUT2D eigenvalue weighted by Crippen LogP contribution is 2.27. The summed E-state index contributed by atoms with van der Waals surface area (Å²) >= 11 is 1.88. The van der Waals surface area contributed by atoms with Crippen molar-refractivity contribution in [2.75, 3.05) is 12.4 Å². The molecule has 0 radical (unpaired) electrons. The fraction of sp³-hybridized carbons (Fsp3) is 0.357. The second-order valence-electron chi connectivity index (χ2n) is 4.48. The van der Waals surface area contributed by atoms with Crippen molar-refractivity contribution >= 4 is 17.6 Å². The zero-order valence-corrected chi connectivity index (χ0v) is 12.1. The molecule has 0 fully saturated rings. The largest absolute Gasteiger partial charge is 0.372 e. The summed E-state index contributed by atoms with van der Waals surface area (Å²) in [5.41, 5.74) is 2.32. The van der Waals surface area contributed by atoms with Crippen molar-refractivity contribution in [1.82, 2.24) is 9.78 Å². The van der Waals surface area contributed by atoms with Crippen molar-refractivity contribution in [3.63, 3.8) is 0 Å². The van der Waals surface area contributed by atoms with Crippen LogP contribution in [0.2, 0.25) is 0 Å². The summed E-state index contributed by atoms with van der Waals surface area (Å²) in [6.07, 6.45) is 0. The first-order valence-corrected chi connectivity index (χ1v) is 6.97. The van der Waals surface area contributed by atoms with Gasteiger partial charge in [-0.25, -0.2) is 0 Å². The van der Waals surface area contributed by atoms with Gasteiger partial charge in [-0.05, 0) is 17.7 Å². The topological polar surface area (TPSA) is 29.9 Å². The van der Waals surface area contributed by atoms with Crippen LogP contribution in [0.3, 0.4) is 0 Å². The molecule has 18 heavy (non-hydrogen) atoms. The first-order valence-electron chi connectivity index (χ1n) is 6.09. The zero-order chi connectivity index (χ0) is 13.1. The van der Waals surface area contributed by atoms with Crippen molar-refractivity contribution in [1.29, 1.82) is 0 Å². The number of aromatic nitrogens is 2. The molecule has 0 aliphatic heterocycles. The molecule has 0 spiro atoms. The molecule has 1 N–H and O–H groups in total. The van der Waals surface area contributed by atoms with Gasteiger partial charge in [0, 0.05) is 30.3 Å². The molecule has 0 aliphatic rings. The molecule has 0 unspecified atom stereocenters. The third-order valence-electron chi connectivity index (χ3n) is 2.66. The molecule has 4 heteroatoms. The Hall–Kier alpha value is -1.42. The van der Waals surface area contributed by atoms with Gasteiger partial charge < -0.3 is 5.32 Å². The number of nitrogens with one attached hydrogen (secondary N) is 1. The SMILES string of the molecule is CNc1cc(-c2ccc(SC(C)C)cc2)n(C)n1. The predicted octanol–water partition coefficient (Wildman–Crippen LogP) is 3.63. The number of aryl methyl sites for hydroxylation is 1. The molecule has 0 atom stereocenters. The summed E-state index contributed by atoms with van der Waals surface area (Å²) in [5, 5.41) is 8.05. The van der Waals surface area contributed by atoms with Crippen molar-refractivity contribution in [2.24, 2.45) is 7.05 Å². The van der Waals surface area contributed by atoms with E-state index in [-0.39, 0.29) is 0 Å². The van der Waals surface area contributed by atoms with Crippen LogP contribution in [-0.2, 0) is 7.05 Å². The average molecular weight is 261 g/mol. The Bertz CT molecular complexity index is 514. The van der Waals surface area contributed by atoms with Crippen molar-refractivity contribution < 1.29 is 0 Å². The van der Waals surface area contributed by atoms with Gasteiger partial charge >= 0.3 is 0 Å². The maximum absolute atomic E-state index is 4.38. The molecule has 2 aromatic rings. The Kier molecular flexibility index (Phi) is 3.97. The summed E-state index contributed by atoms with van der Waals surface area (Å²) in [5.74, 6) is 0.896.